The Morgan fingerprint density at radius 3 is 2.35 bits per heavy atom. The van der Waals surface area contributed by atoms with E-state index in [9.17, 15) is 14.0 Å². The number of halogens is 2. The van der Waals surface area contributed by atoms with Crippen LogP contribution in [0.5, 0.6) is 5.75 Å². The van der Waals surface area contributed by atoms with Crippen LogP contribution in [0.15, 0.2) is 24.3 Å². The standard InChI is InChI=1S/C15H20F2N2O/c1-11(2)19-15(3,10-18)9-8-12-4-6-13(7-5-12)20-14(16)17/h4-7,11,14,19H,8-9H2,1-3H3. The second-order valence-corrected chi connectivity index (χ2v) is 5.27. The molecule has 0 saturated carbocycles. The third kappa shape index (κ3) is 5.54. The van der Waals surface area contributed by atoms with Crippen LogP contribution in [-0.2, 0) is 6.42 Å². The Labute approximate surface area is 118 Å². The molecule has 0 aliphatic heterocycles. The van der Waals surface area contributed by atoms with Gasteiger partial charge >= 0.3 is 6.61 Å². The van der Waals surface area contributed by atoms with Gasteiger partial charge in [-0.2, -0.15) is 14.0 Å². The maximum absolute atomic E-state index is 12.0. The van der Waals surface area contributed by atoms with E-state index < -0.39 is 12.2 Å². The Balaban J connectivity index is 2.59. The van der Waals surface area contributed by atoms with Crippen molar-refractivity contribution in [2.45, 2.75) is 51.8 Å². The summed E-state index contributed by atoms with van der Waals surface area (Å²) in [5, 5.41) is 12.5. The zero-order valence-electron chi connectivity index (χ0n) is 12.0. The average molecular weight is 282 g/mol. The van der Waals surface area contributed by atoms with Crippen LogP contribution < -0.4 is 10.1 Å². The summed E-state index contributed by atoms with van der Waals surface area (Å²) < 4.78 is 28.3. The van der Waals surface area contributed by atoms with Crippen LogP contribution >= 0.6 is 0 Å². The van der Waals surface area contributed by atoms with Gasteiger partial charge in [0.05, 0.1) is 6.07 Å². The zero-order valence-corrected chi connectivity index (χ0v) is 12.0. The Bertz CT molecular complexity index is 454. The third-order valence-electron chi connectivity index (χ3n) is 2.92. The molecule has 0 radical (unpaired) electrons. The van der Waals surface area contributed by atoms with Crippen LogP contribution in [-0.4, -0.2) is 18.2 Å². The first-order valence-electron chi connectivity index (χ1n) is 6.57. The SMILES string of the molecule is CC(C)NC(C)(C#N)CCc1ccc(OC(F)F)cc1. The summed E-state index contributed by atoms with van der Waals surface area (Å²) in [5.74, 6) is 0.145. The van der Waals surface area contributed by atoms with Gasteiger partial charge in [0.2, 0.25) is 0 Å². The van der Waals surface area contributed by atoms with Crippen molar-refractivity contribution < 1.29 is 13.5 Å². The van der Waals surface area contributed by atoms with Gasteiger partial charge in [-0.25, -0.2) is 0 Å². The molecule has 110 valence electrons. The predicted octanol–water partition coefficient (Wildman–Crippen LogP) is 3.50. The lowest BCUT2D eigenvalue weighted by Gasteiger charge is -2.25. The molecule has 3 nitrogen and oxygen atoms in total. The number of rotatable bonds is 7. The molecule has 0 aliphatic rings. The topological polar surface area (TPSA) is 45.0 Å². The fourth-order valence-corrected chi connectivity index (χ4v) is 2.03. The molecule has 0 spiro atoms. The van der Waals surface area contributed by atoms with Crippen LogP contribution in [0.4, 0.5) is 8.78 Å². The molecular formula is C15H20F2N2O. The van der Waals surface area contributed by atoms with Crippen LogP contribution in [0, 0.1) is 11.3 Å². The first-order chi connectivity index (χ1) is 9.34. The number of aryl methyl sites for hydroxylation is 1. The highest BCUT2D eigenvalue weighted by molar-refractivity contribution is 5.27. The molecule has 1 rings (SSSR count). The van der Waals surface area contributed by atoms with Crippen molar-refractivity contribution in [3.05, 3.63) is 29.8 Å². The number of nitrogens with one attached hydrogen (secondary N) is 1. The minimum Gasteiger partial charge on any atom is -0.435 e. The van der Waals surface area contributed by atoms with Crippen molar-refractivity contribution in [2.24, 2.45) is 0 Å². The van der Waals surface area contributed by atoms with Gasteiger partial charge in [-0.05, 0) is 51.3 Å². The minimum absolute atomic E-state index is 0.145. The molecule has 0 fully saturated rings. The number of benzene rings is 1. The van der Waals surface area contributed by atoms with Gasteiger partial charge < -0.3 is 4.74 Å². The number of alkyl halides is 2. The molecule has 1 atom stereocenters. The summed E-state index contributed by atoms with van der Waals surface area (Å²) in [6.07, 6.45) is 1.34. The zero-order chi connectivity index (χ0) is 15.2. The number of ether oxygens (including phenoxy) is 1. The number of hydrogen-bond donors (Lipinski definition) is 1. The Morgan fingerprint density at radius 2 is 1.90 bits per heavy atom. The normalized spacial score (nSPS) is 14.1. The highest BCUT2D eigenvalue weighted by atomic mass is 19.3. The fraction of sp³-hybridized carbons (Fsp3) is 0.533. The van der Waals surface area contributed by atoms with Gasteiger partial charge in [0.15, 0.2) is 0 Å². The Morgan fingerprint density at radius 1 is 1.30 bits per heavy atom. The molecule has 0 aliphatic carbocycles. The molecule has 0 heterocycles. The lowest BCUT2D eigenvalue weighted by Crippen LogP contribution is -2.45. The number of nitriles is 1. The summed E-state index contributed by atoms with van der Waals surface area (Å²) >= 11 is 0. The maximum Gasteiger partial charge on any atom is 0.387 e. The Kier molecular flexibility index (Phi) is 5.90. The molecule has 1 unspecified atom stereocenters. The lowest BCUT2D eigenvalue weighted by atomic mass is 9.94. The molecule has 20 heavy (non-hydrogen) atoms. The van der Waals surface area contributed by atoms with Crippen LogP contribution in [0.1, 0.15) is 32.8 Å². The first kappa shape index (κ1) is 16.4. The second-order valence-electron chi connectivity index (χ2n) is 5.27. The van der Waals surface area contributed by atoms with E-state index in [4.69, 9.17) is 0 Å². The van der Waals surface area contributed by atoms with Gasteiger partial charge in [-0.3, -0.25) is 5.32 Å². The first-order valence-corrected chi connectivity index (χ1v) is 6.57. The number of hydrogen-bond acceptors (Lipinski definition) is 3. The van der Waals surface area contributed by atoms with Crippen molar-refractivity contribution in [1.82, 2.24) is 5.32 Å². The van der Waals surface area contributed by atoms with Gasteiger partial charge in [0.1, 0.15) is 11.3 Å². The van der Waals surface area contributed by atoms with Crippen LogP contribution in [0.25, 0.3) is 0 Å². The van der Waals surface area contributed by atoms with E-state index in [1.807, 2.05) is 20.8 Å². The van der Waals surface area contributed by atoms with E-state index in [2.05, 4.69) is 16.1 Å². The van der Waals surface area contributed by atoms with E-state index in [1.54, 1.807) is 12.1 Å². The van der Waals surface area contributed by atoms with E-state index in [0.717, 1.165) is 5.56 Å². The van der Waals surface area contributed by atoms with E-state index in [-0.39, 0.29) is 11.8 Å². The predicted molar refractivity (Wildman–Crippen MR) is 73.7 cm³/mol. The maximum atomic E-state index is 12.0. The van der Waals surface area contributed by atoms with E-state index in [0.29, 0.717) is 12.8 Å². The molecule has 1 aromatic carbocycles. The summed E-state index contributed by atoms with van der Waals surface area (Å²) in [4.78, 5) is 0. The molecule has 1 N–H and O–H groups in total. The smallest absolute Gasteiger partial charge is 0.387 e. The largest absolute Gasteiger partial charge is 0.435 e. The molecule has 0 aromatic heterocycles. The van der Waals surface area contributed by atoms with Crippen molar-refractivity contribution in [1.29, 1.82) is 5.26 Å². The average Bonchev–Trinajstić information content (AvgIpc) is 2.36. The molecule has 0 amide bonds. The quantitative estimate of drug-likeness (QED) is 0.832. The highest BCUT2D eigenvalue weighted by Gasteiger charge is 2.23. The highest BCUT2D eigenvalue weighted by Crippen LogP contribution is 2.18. The van der Waals surface area contributed by atoms with Gasteiger partial charge in [-0.15, -0.1) is 0 Å². The van der Waals surface area contributed by atoms with E-state index in [1.165, 1.54) is 12.1 Å². The molecule has 0 saturated heterocycles. The third-order valence-corrected chi connectivity index (χ3v) is 2.92. The van der Waals surface area contributed by atoms with Crippen molar-refractivity contribution >= 4 is 0 Å². The van der Waals surface area contributed by atoms with Crippen molar-refractivity contribution in [3.8, 4) is 11.8 Å². The van der Waals surface area contributed by atoms with E-state index >= 15 is 0 Å². The van der Waals surface area contributed by atoms with Crippen molar-refractivity contribution in [2.75, 3.05) is 0 Å². The fourth-order valence-electron chi connectivity index (χ4n) is 2.03. The Hall–Kier alpha value is -1.67. The summed E-state index contributed by atoms with van der Waals surface area (Å²) in [5.41, 5.74) is 0.394. The van der Waals surface area contributed by atoms with Crippen LogP contribution in [0.3, 0.4) is 0 Å². The van der Waals surface area contributed by atoms with Gasteiger partial charge in [0.25, 0.3) is 0 Å². The summed E-state index contributed by atoms with van der Waals surface area (Å²) in [7, 11) is 0. The molecule has 5 heteroatoms. The van der Waals surface area contributed by atoms with Gasteiger partial charge in [0, 0.05) is 6.04 Å². The van der Waals surface area contributed by atoms with Crippen molar-refractivity contribution in [3.63, 3.8) is 0 Å². The molecule has 1 aromatic rings. The van der Waals surface area contributed by atoms with Crippen LogP contribution in [0.2, 0.25) is 0 Å². The summed E-state index contributed by atoms with van der Waals surface area (Å²) in [6.45, 7) is 3.04. The molecule has 0 bridgehead atoms. The minimum atomic E-state index is -2.81. The molecular weight excluding hydrogens is 262 g/mol. The second kappa shape index (κ2) is 7.20. The monoisotopic (exact) mass is 282 g/mol. The lowest BCUT2D eigenvalue weighted by molar-refractivity contribution is -0.0498. The summed E-state index contributed by atoms with van der Waals surface area (Å²) in [6, 6.07) is 9.02. The number of nitrogens with zero attached hydrogens (tertiary/aromatic N) is 1. The van der Waals surface area contributed by atoms with Gasteiger partial charge in [-0.1, -0.05) is 12.1 Å².